The average Bonchev–Trinajstić information content (AvgIpc) is 2.73. The molecule has 0 bridgehead atoms. The molecule has 20 heavy (non-hydrogen) atoms. The fraction of sp³-hybridized carbons (Fsp3) is 0.667. The second-order valence-corrected chi connectivity index (χ2v) is 6.14. The van der Waals surface area contributed by atoms with Crippen molar-refractivity contribution in [3.8, 4) is 0 Å². The quantitative estimate of drug-likeness (QED) is 0.901. The van der Waals surface area contributed by atoms with Gasteiger partial charge in [-0.15, -0.1) is 0 Å². The van der Waals surface area contributed by atoms with Crippen LogP contribution in [0.15, 0.2) is 0 Å². The molecule has 0 atom stereocenters. The minimum atomic E-state index is 0.102. The van der Waals surface area contributed by atoms with Crippen LogP contribution in [0.25, 0.3) is 0 Å². The highest BCUT2D eigenvalue weighted by Crippen LogP contribution is 2.32. The number of rotatable bonds is 3. The van der Waals surface area contributed by atoms with Gasteiger partial charge in [0.1, 0.15) is 11.6 Å². The van der Waals surface area contributed by atoms with Gasteiger partial charge in [-0.3, -0.25) is 4.79 Å². The molecule has 3 rings (SSSR count). The van der Waals surface area contributed by atoms with Gasteiger partial charge in [-0.1, -0.05) is 0 Å². The number of fused-ring (bicyclic) bond motifs is 1. The van der Waals surface area contributed by atoms with Crippen LogP contribution in [0.3, 0.4) is 0 Å². The minimum Gasteiger partial charge on any atom is -0.355 e. The summed E-state index contributed by atoms with van der Waals surface area (Å²) in [5, 5.41) is 2.98. The highest BCUT2D eigenvalue weighted by Gasteiger charge is 2.35. The molecule has 108 valence electrons. The summed E-state index contributed by atoms with van der Waals surface area (Å²) in [6.45, 7) is 7.50. The molecule has 1 aromatic rings. The number of carbonyl (C=O) groups is 1. The molecule has 1 amide bonds. The number of carbonyl (C=O) groups excluding carboxylic acids is 1. The first-order valence-electron chi connectivity index (χ1n) is 7.46. The molecule has 1 saturated heterocycles. The summed E-state index contributed by atoms with van der Waals surface area (Å²) in [6.07, 6.45) is 3.31. The van der Waals surface area contributed by atoms with Gasteiger partial charge in [0, 0.05) is 30.4 Å². The first-order valence-corrected chi connectivity index (χ1v) is 7.46. The van der Waals surface area contributed by atoms with Crippen molar-refractivity contribution < 1.29 is 4.79 Å². The van der Waals surface area contributed by atoms with Crippen LogP contribution in [0.2, 0.25) is 0 Å². The van der Waals surface area contributed by atoms with Gasteiger partial charge in [-0.05, 0) is 40.0 Å². The summed E-state index contributed by atoms with van der Waals surface area (Å²) in [4.78, 5) is 23.3. The number of nitrogens with one attached hydrogen (secondary N) is 1. The number of aryl methyl sites for hydroxylation is 2. The van der Waals surface area contributed by atoms with Crippen LogP contribution >= 0.6 is 0 Å². The maximum Gasteiger partial charge on any atom is 0.226 e. The van der Waals surface area contributed by atoms with E-state index in [-0.39, 0.29) is 17.9 Å². The number of aromatic nitrogens is 2. The van der Waals surface area contributed by atoms with E-state index in [1.165, 1.54) is 17.7 Å². The van der Waals surface area contributed by atoms with Gasteiger partial charge >= 0.3 is 0 Å². The molecule has 1 aliphatic heterocycles. The Morgan fingerprint density at radius 1 is 1.30 bits per heavy atom. The number of hydrogen-bond acceptors (Lipinski definition) is 4. The van der Waals surface area contributed by atoms with Gasteiger partial charge in [-0.25, -0.2) is 9.97 Å². The summed E-state index contributed by atoms with van der Waals surface area (Å²) in [5.41, 5.74) is 2.51. The zero-order valence-electron chi connectivity index (χ0n) is 12.4. The lowest BCUT2D eigenvalue weighted by atomic mass is 9.98. The Labute approximate surface area is 119 Å². The van der Waals surface area contributed by atoms with E-state index in [4.69, 9.17) is 0 Å². The van der Waals surface area contributed by atoms with Crippen LogP contribution < -0.4 is 10.2 Å². The monoisotopic (exact) mass is 274 g/mol. The summed E-state index contributed by atoms with van der Waals surface area (Å²) in [5.74, 6) is 2.18. The Bertz CT molecular complexity index is 535. The van der Waals surface area contributed by atoms with Gasteiger partial charge in [0.05, 0.1) is 5.92 Å². The SMILES string of the molecule is Cc1nc2c(c(N3CC(C(=O)NC(C)C)C3)n1)CCC2. The molecule has 2 aliphatic rings. The second kappa shape index (κ2) is 5.04. The van der Waals surface area contributed by atoms with E-state index >= 15 is 0 Å². The first-order chi connectivity index (χ1) is 9.54. The third-order valence-electron chi connectivity index (χ3n) is 4.01. The summed E-state index contributed by atoms with van der Waals surface area (Å²) in [6, 6.07) is 0.210. The molecule has 0 spiro atoms. The van der Waals surface area contributed by atoms with Crippen molar-refractivity contribution >= 4 is 11.7 Å². The molecule has 0 radical (unpaired) electrons. The zero-order chi connectivity index (χ0) is 14.3. The van der Waals surface area contributed by atoms with Gasteiger partial charge in [-0.2, -0.15) is 0 Å². The van der Waals surface area contributed by atoms with Gasteiger partial charge in [0.2, 0.25) is 5.91 Å². The molecule has 0 unspecified atom stereocenters. The molecule has 2 heterocycles. The Kier molecular flexibility index (Phi) is 3.36. The van der Waals surface area contributed by atoms with E-state index in [1.807, 2.05) is 20.8 Å². The Morgan fingerprint density at radius 2 is 2.05 bits per heavy atom. The van der Waals surface area contributed by atoms with Crippen LogP contribution in [0.4, 0.5) is 5.82 Å². The van der Waals surface area contributed by atoms with Crippen molar-refractivity contribution in [2.75, 3.05) is 18.0 Å². The third kappa shape index (κ3) is 2.37. The Hall–Kier alpha value is -1.65. The first kappa shape index (κ1) is 13.3. The molecular formula is C15H22N4O. The van der Waals surface area contributed by atoms with Crippen molar-refractivity contribution in [1.82, 2.24) is 15.3 Å². The predicted molar refractivity (Wildman–Crippen MR) is 77.8 cm³/mol. The van der Waals surface area contributed by atoms with Crippen molar-refractivity contribution in [2.45, 2.75) is 46.1 Å². The van der Waals surface area contributed by atoms with Crippen molar-refractivity contribution in [3.05, 3.63) is 17.1 Å². The number of nitrogens with zero attached hydrogens (tertiary/aromatic N) is 3. The van der Waals surface area contributed by atoms with Crippen LogP contribution in [0.1, 0.15) is 37.4 Å². The van der Waals surface area contributed by atoms with E-state index in [0.29, 0.717) is 0 Å². The van der Waals surface area contributed by atoms with Gasteiger partial charge in [0.25, 0.3) is 0 Å². The lowest BCUT2D eigenvalue weighted by Gasteiger charge is -2.40. The van der Waals surface area contributed by atoms with Crippen molar-refractivity contribution in [3.63, 3.8) is 0 Å². The number of hydrogen-bond donors (Lipinski definition) is 1. The maximum absolute atomic E-state index is 11.9. The highest BCUT2D eigenvalue weighted by atomic mass is 16.2. The lowest BCUT2D eigenvalue weighted by Crippen LogP contribution is -2.55. The molecule has 1 aromatic heterocycles. The largest absolute Gasteiger partial charge is 0.355 e. The van der Waals surface area contributed by atoms with Crippen LogP contribution in [-0.2, 0) is 17.6 Å². The van der Waals surface area contributed by atoms with E-state index < -0.39 is 0 Å². The maximum atomic E-state index is 11.9. The standard InChI is InChI=1S/C15H22N4O/c1-9(2)16-15(20)11-7-19(8-11)14-12-5-4-6-13(12)17-10(3)18-14/h9,11H,4-8H2,1-3H3,(H,16,20). The summed E-state index contributed by atoms with van der Waals surface area (Å²) >= 11 is 0. The smallest absolute Gasteiger partial charge is 0.226 e. The normalized spacial score (nSPS) is 18.1. The lowest BCUT2D eigenvalue weighted by molar-refractivity contribution is -0.126. The molecule has 5 heteroatoms. The zero-order valence-corrected chi connectivity index (χ0v) is 12.4. The summed E-state index contributed by atoms with van der Waals surface area (Å²) < 4.78 is 0. The molecular weight excluding hydrogens is 252 g/mol. The molecule has 1 fully saturated rings. The predicted octanol–water partition coefficient (Wildman–Crippen LogP) is 1.23. The van der Waals surface area contributed by atoms with Gasteiger partial charge < -0.3 is 10.2 Å². The molecule has 0 aromatic carbocycles. The Morgan fingerprint density at radius 3 is 2.75 bits per heavy atom. The fourth-order valence-corrected chi connectivity index (χ4v) is 3.01. The number of anilines is 1. The molecule has 1 aliphatic carbocycles. The van der Waals surface area contributed by atoms with Crippen LogP contribution in [-0.4, -0.2) is 35.0 Å². The van der Waals surface area contributed by atoms with E-state index in [2.05, 4.69) is 20.2 Å². The Balaban J connectivity index is 1.70. The second-order valence-electron chi connectivity index (χ2n) is 6.14. The van der Waals surface area contributed by atoms with Crippen molar-refractivity contribution in [2.24, 2.45) is 5.92 Å². The van der Waals surface area contributed by atoms with Crippen LogP contribution in [0.5, 0.6) is 0 Å². The molecule has 1 N–H and O–H groups in total. The van der Waals surface area contributed by atoms with E-state index in [0.717, 1.165) is 37.6 Å². The third-order valence-corrected chi connectivity index (χ3v) is 4.01. The van der Waals surface area contributed by atoms with E-state index in [9.17, 15) is 4.79 Å². The van der Waals surface area contributed by atoms with Crippen molar-refractivity contribution in [1.29, 1.82) is 0 Å². The van der Waals surface area contributed by atoms with E-state index in [1.54, 1.807) is 0 Å². The number of amides is 1. The highest BCUT2D eigenvalue weighted by molar-refractivity contribution is 5.82. The van der Waals surface area contributed by atoms with Crippen LogP contribution in [0, 0.1) is 12.8 Å². The molecule has 0 saturated carbocycles. The average molecular weight is 274 g/mol. The van der Waals surface area contributed by atoms with Gasteiger partial charge in [0.15, 0.2) is 0 Å². The topological polar surface area (TPSA) is 58.1 Å². The minimum absolute atomic E-state index is 0.102. The fourth-order valence-electron chi connectivity index (χ4n) is 3.01. The molecule has 5 nitrogen and oxygen atoms in total. The summed E-state index contributed by atoms with van der Waals surface area (Å²) in [7, 11) is 0.